The molecule has 1 unspecified atom stereocenters. The van der Waals surface area contributed by atoms with Crippen molar-refractivity contribution in [1.82, 2.24) is 0 Å². The fourth-order valence-corrected chi connectivity index (χ4v) is 0.966. The average molecular weight is 184 g/mol. The normalized spacial score (nSPS) is 13.6. The summed E-state index contributed by atoms with van der Waals surface area (Å²) in [6.45, 7) is 6.23. The van der Waals surface area contributed by atoms with E-state index < -0.39 is 0 Å². The van der Waals surface area contributed by atoms with Crippen LogP contribution in [-0.2, 0) is 9.53 Å². The van der Waals surface area contributed by atoms with Gasteiger partial charge in [0.1, 0.15) is 0 Å². The molecule has 0 N–H and O–H groups in total. The van der Waals surface area contributed by atoms with E-state index in [4.69, 9.17) is 0 Å². The Morgan fingerprint density at radius 2 is 1.77 bits per heavy atom. The number of ether oxygens (including phenoxy) is 1. The Morgan fingerprint density at radius 1 is 1.23 bits per heavy atom. The van der Waals surface area contributed by atoms with E-state index in [-0.39, 0.29) is 11.9 Å². The number of allylic oxidation sites excluding steroid dienone is 2. The van der Waals surface area contributed by atoms with E-state index in [0.29, 0.717) is 5.92 Å². The van der Waals surface area contributed by atoms with E-state index in [1.165, 1.54) is 7.11 Å². The standard InChI is InChI=1S/C11H20O2/c1-9(2)7-5-6-8-10(3)11(12)13-4/h5-6,9-10H,7-8H2,1-4H3/b6-5-. The summed E-state index contributed by atoms with van der Waals surface area (Å²) in [4.78, 5) is 11.0. The summed E-state index contributed by atoms with van der Waals surface area (Å²) in [5.41, 5.74) is 0. The van der Waals surface area contributed by atoms with E-state index in [9.17, 15) is 4.79 Å². The smallest absolute Gasteiger partial charge is 0.308 e. The fourth-order valence-electron chi connectivity index (χ4n) is 0.966. The van der Waals surface area contributed by atoms with E-state index in [1.54, 1.807) is 0 Å². The highest BCUT2D eigenvalue weighted by molar-refractivity contribution is 5.71. The second-order valence-electron chi connectivity index (χ2n) is 3.76. The van der Waals surface area contributed by atoms with Gasteiger partial charge in [0, 0.05) is 0 Å². The van der Waals surface area contributed by atoms with Crippen molar-refractivity contribution in [1.29, 1.82) is 0 Å². The van der Waals surface area contributed by atoms with Crippen LogP contribution in [0.2, 0.25) is 0 Å². The van der Waals surface area contributed by atoms with Gasteiger partial charge in [-0.3, -0.25) is 4.79 Å². The molecular weight excluding hydrogens is 164 g/mol. The number of hydrogen-bond donors (Lipinski definition) is 0. The molecule has 0 fully saturated rings. The van der Waals surface area contributed by atoms with Crippen molar-refractivity contribution in [3.8, 4) is 0 Å². The first-order valence-electron chi connectivity index (χ1n) is 4.80. The maximum atomic E-state index is 11.0. The Kier molecular flexibility index (Phi) is 6.29. The molecule has 0 aromatic heterocycles. The third-order valence-corrected chi connectivity index (χ3v) is 1.87. The van der Waals surface area contributed by atoms with Gasteiger partial charge in [-0.15, -0.1) is 0 Å². The van der Waals surface area contributed by atoms with Gasteiger partial charge < -0.3 is 4.74 Å². The van der Waals surface area contributed by atoms with Crippen LogP contribution in [0, 0.1) is 11.8 Å². The highest BCUT2D eigenvalue weighted by atomic mass is 16.5. The Hall–Kier alpha value is -0.790. The van der Waals surface area contributed by atoms with Gasteiger partial charge in [-0.25, -0.2) is 0 Å². The van der Waals surface area contributed by atoms with Gasteiger partial charge in [-0.05, 0) is 18.8 Å². The highest BCUT2D eigenvalue weighted by Crippen LogP contribution is 2.07. The number of carbonyl (C=O) groups excluding carboxylic acids is 1. The molecule has 13 heavy (non-hydrogen) atoms. The maximum Gasteiger partial charge on any atom is 0.308 e. The highest BCUT2D eigenvalue weighted by Gasteiger charge is 2.09. The number of methoxy groups -OCH3 is 1. The lowest BCUT2D eigenvalue weighted by molar-refractivity contribution is -0.144. The molecule has 0 radical (unpaired) electrons. The Balaban J connectivity index is 3.63. The molecule has 0 saturated carbocycles. The third kappa shape index (κ3) is 6.38. The second kappa shape index (κ2) is 6.70. The van der Waals surface area contributed by atoms with E-state index in [0.717, 1.165) is 12.8 Å². The van der Waals surface area contributed by atoms with Crippen LogP contribution in [0.5, 0.6) is 0 Å². The van der Waals surface area contributed by atoms with E-state index in [1.807, 2.05) is 6.92 Å². The summed E-state index contributed by atoms with van der Waals surface area (Å²) in [5, 5.41) is 0. The molecule has 0 spiro atoms. The van der Waals surface area contributed by atoms with Crippen molar-refractivity contribution >= 4 is 5.97 Å². The van der Waals surface area contributed by atoms with E-state index >= 15 is 0 Å². The molecule has 0 amide bonds. The molecule has 0 heterocycles. The minimum atomic E-state index is -0.130. The van der Waals surface area contributed by atoms with Crippen molar-refractivity contribution in [3.05, 3.63) is 12.2 Å². The van der Waals surface area contributed by atoms with Gasteiger partial charge in [-0.1, -0.05) is 32.9 Å². The zero-order chi connectivity index (χ0) is 10.3. The van der Waals surface area contributed by atoms with Gasteiger partial charge in [0.25, 0.3) is 0 Å². The third-order valence-electron chi connectivity index (χ3n) is 1.87. The molecule has 2 heteroatoms. The lowest BCUT2D eigenvalue weighted by Crippen LogP contribution is -2.11. The molecular formula is C11H20O2. The van der Waals surface area contributed by atoms with Crippen molar-refractivity contribution < 1.29 is 9.53 Å². The predicted octanol–water partition coefficient (Wildman–Crippen LogP) is 2.79. The summed E-state index contributed by atoms with van der Waals surface area (Å²) in [6.07, 6.45) is 6.04. The first-order valence-corrected chi connectivity index (χ1v) is 4.80. The Bertz CT molecular complexity index is 171. The lowest BCUT2D eigenvalue weighted by atomic mass is 10.1. The summed E-state index contributed by atoms with van der Waals surface area (Å²) in [6, 6.07) is 0. The van der Waals surface area contributed by atoms with Crippen LogP contribution in [0.15, 0.2) is 12.2 Å². The van der Waals surface area contributed by atoms with Gasteiger partial charge in [-0.2, -0.15) is 0 Å². The first kappa shape index (κ1) is 12.2. The first-order chi connectivity index (χ1) is 6.07. The SMILES string of the molecule is COC(=O)C(C)C/C=C\CC(C)C. The second-order valence-corrected chi connectivity index (χ2v) is 3.76. The minimum Gasteiger partial charge on any atom is -0.469 e. The van der Waals surface area contributed by atoms with Gasteiger partial charge >= 0.3 is 5.97 Å². The zero-order valence-corrected chi connectivity index (χ0v) is 9.04. The van der Waals surface area contributed by atoms with Crippen molar-refractivity contribution in [2.24, 2.45) is 11.8 Å². The van der Waals surface area contributed by atoms with Gasteiger partial charge in [0.2, 0.25) is 0 Å². The topological polar surface area (TPSA) is 26.3 Å². The summed E-state index contributed by atoms with van der Waals surface area (Å²) in [7, 11) is 1.43. The molecule has 76 valence electrons. The molecule has 0 saturated heterocycles. The van der Waals surface area contributed by atoms with Gasteiger partial charge in [0.15, 0.2) is 0 Å². The molecule has 0 aliphatic carbocycles. The van der Waals surface area contributed by atoms with E-state index in [2.05, 4.69) is 30.7 Å². The predicted molar refractivity (Wildman–Crippen MR) is 54.4 cm³/mol. The van der Waals surface area contributed by atoms with Crippen molar-refractivity contribution in [3.63, 3.8) is 0 Å². The van der Waals surface area contributed by atoms with Crippen molar-refractivity contribution in [2.45, 2.75) is 33.6 Å². The number of hydrogen-bond acceptors (Lipinski definition) is 2. The number of carbonyl (C=O) groups is 1. The summed E-state index contributed by atoms with van der Waals surface area (Å²) < 4.78 is 4.62. The number of esters is 1. The van der Waals surface area contributed by atoms with Crippen LogP contribution >= 0.6 is 0 Å². The largest absolute Gasteiger partial charge is 0.469 e. The molecule has 0 aliphatic heterocycles. The zero-order valence-electron chi connectivity index (χ0n) is 9.04. The molecule has 2 nitrogen and oxygen atoms in total. The van der Waals surface area contributed by atoms with Crippen LogP contribution in [-0.4, -0.2) is 13.1 Å². The van der Waals surface area contributed by atoms with Gasteiger partial charge in [0.05, 0.1) is 13.0 Å². The summed E-state index contributed by atoms with van der Waals surface area (Å²) in [5.74, 6) is 0.535. The van der Waals surface area contributed by atoms with Crippen LogP contribution in [0.3, 0.4) is 0 Å². The number of rotatable bonds is 5. The molecule has 0 bridgehead atoms. The minimum absolute atomic E-state index is 0.0200. The quantitative estimate of drug-likeness (QED) is 0.485. The van der Waals surface area contributed by atoms with Crippen molar-refractivity contribution in [2.75, 3.05) is 7.11 Å². The molecule has 0 aromatic rings. The molecule has 0 rings (SSSR count). The Morgan fingerprint density at radius 3 is 2.23 bits per heavy atom. The van der Waals surface area contributed by atoms with Crippen LogP contribution in [0.1, 0.15) is 33.6 Å². The molecule has 0 aromatic carbocycles. The van der Waals surface area contributed by atoms with Crippen LogP contribution < -0.4 is 0 Å². The lowest BCUT2D eigenvalue weighted by Gasteiger charge is -2.05. The van der Waals surface area contributed by atoms with Crippen LogP contribution in [0.4, 0.5) is 0 Å². The fraction of sp³-hybridized carbons (Fsp3) is 0.727. The molecule has 1 atom stereocenters. The average Bonchev–Trinajstić information content (AvgIpc) is 2.10. The summed E-state index contributed by atoms with van der Waals surface area (Å²) >= 11 is 0. The molecule has 0 aliphatic rings. The van der Waals surface area contributed by atoms with Crippen LogP contribution in [0.25, 0.3) is 0 Å². The maximum absolute atomic E-state index is 11.0. The Labute approximate surface area is 81.0 Å². The monoisotopic (exact) mass is 184 g/mol.